The Morgan fingerprint density at radius 2 is 1.47 bits per heavy atom. The summed E-state index contributed by atoms with van der Waals surface area (Å²) in [6, 6.07) is 9.57. The highest BCUT2D eigenvalue weighted by Gasteiger charge is 2.34. The van der Waals surface area contributed by atoms with Gasteiger partial charge in [-0.25, -0.2) is 0 Å². The Bertz CT molecular complexity index is 1350. The fourth-order valence-corrected chi connectivity index (χ4v) is 3.98. The van der Waals surface area contributed by atoms with E-state index in [2.05, 4.69) is 17.2 Å². The molecule has 3 rings (SSSR count). The summed E-state index contributed by atoms with van der Waals surface area (Å²) in [6.45, 7) is 11.8. The third-order valence-corrected chi connectivity index (χ3v) is 5.49. The van der Waals surface area contributed by atoms with Gasteiger partial charge >= 0.3 is 0 Å². The summed E-state index contributed by atoms with van der Waals surface area (Å²) >= 11 is 0. The van der Waals surface area contributed by atoms with E-state index in [4.69, 9.17) is 0 Å². The molecule has 0 unspecified atom stereocenters. The number of amides is 2. The van der Waals surface area contributed by atoms with Crippen molar-refractivity contribution in [1.29, 1.82) is 0 Å². The highest BCUT2D eigenvalue weighted by Crippen LogP contribution is 2.36. The van der Waals surface area contributed by atoms with E-state index in [1.807, 2.05) is 18.7 Å². The lowest BCUT2D eigenvalue weighted by molar-refractivity contribution is -0.290. The Balaban J connectivity index is 2.31. The van der Waals surface area contributed by atoms with Gasteiger partial charge in [-0.05, 0) is 37.3 Å². The maximum absolute atomic E-state index is 13.5. The van der Waals surface area contributed by atoms with Crippen molar-refractivity contribution in [2.24, 2.45) is 0 Å². The molecule has 34 heavy (non-hydrogen) atoms. The minimum Gasteiger partial charge on any atom is -0.871 e. The van der Waals surface area contributed by atoms with Gasteiger partial charge in [-0.2, -0.15) is 0 Å². The number of nitrogens with one attached hydrogen (secondary N) is 2. The first-order valence-electron chi connectivity index (χ1n) is 10.9. The fraction of sp³-hybridized carbons (Fsp3) is 0.231. The van der Waals surface area contributed by atoms with Crippen molar-refractivity contribution in [2.45, 2.75) is 27.7 Å². The van der Waals surface area contributed by atoms with Gasteiger partial charge in [-0.15, -0.1) is 0 Å². The molecule has 176 valence electrons. The lowest BCUT2D eigenvalue weighted by Crippen LogP contribution is -2.25. The van der Waals surface area contributed by atoms with E-state index >= 15 is 0 Å². The number of ketones is 2. The molecule has 2 amide bonds. The number of nitrogens with zero attached hydrogens (tertiary/aromatic N) is 1. The number of hydrogen-bond donors (Lipinski definition) is 2. The molecule has 0 radical (unpaired) electrons. The zero-order valence-corrected chi connectivity index (χ0v) is 19.6. The summed E-state index contributed by atoms with van der Waals surface area (Å²) in [7, 11) is 0. The number of anilines is 3. The van der Waals surface area contributed by atoms with Crippen LogP contribution in [0, 0.1) is 0 Å². The molecule has 2 aromatic carbocycles. The van der Waals surface area contributed by atoms with E-state index in [1.165, 1.54) is 26.0 Å². The summed E-state index contributed by atoms with van der Waals surface area (Å²) in [5.41, 5.74) is 0.792. The van der Waals surface area contributed by atoms with Gasteiger partial charge in [0.15, 0.2) is 0 Å². The van der Waals surface area contributed by atoms with Crippen LogP contribution in [0.3, 0.4) is 0 Å². The molecule has 1 aliphatic rings. The van der Waals surface area contributed by atoms with E-state index in [1.54, 1.807) is 24.3 Å². The van der Waals surface area contributed by atoms with Crippen LogP contribution < -0.4 is 31.1 Å². The Morgan fingerprint density at radius 1 is 0.882 bits per heavy atom. The van der Waals surface area contributed by atoms with Crippen LogP contribution in [0.15, 0.2) is 42.2 Å². The number of benzene rings is 2. The molecule has 0 heterocycles. The van der Waals surface area contributed by atoms with E-state index in [0.717, 1.165) is 5.69 Å². The Kier molecular flexibility index (Phi) is 7.00. The molecular weight excluding hydrogens is 434 g/mol. The lowest BCUT2D eigenvalue weighted by atomic mass is 10.0. The van der Waals surface area contributed by atoms with E-state index < -0.39 is 23.2 Å². The monoisotopic (exact) mass is 460 g/mol. The smallest absolute Gasteiger partial charge is 0.233 e. The van der Waals surface area contributed by atoms with Gasteiger partial charge < -0.3 is 20.6 Å². The van der Waals surface area contributed by atoms with E-state index in [-0.39, 0.29) is 39.2 Å². The van der Waals surface area contributed by atoms with Crippen LogP contribution in [-0.4, -0.2) is 36.5 Å². The van der Waals surface area contributed by atoms with Gasteiger partial charge in [0.05, 0.1) is 5.69 Å². The summed E-state index contributed by atoms with van der Waals surface area (Å²) in [5, 5.41) is 19.4. The number of allylic oxidation sites excluding steroid dienone is 2. The maximum atomic E-state index is 13.5. The molecular formula is C26H26N3O5-. The number of carbonyl (C=O) groups excluding carboxylic acids is 4. The zero-order valence-electron chi connectivity index (χ0n) is 19.6. The van der Waals surface area contributed by atoms with Gasteiger partial charge in [0.25, 0.3) is 0 Å². The van der Waals surface area contributed by atoms with Crippen molar-refractivity contribution < 1.29 is 24.3 Å². The average Bonchev–Trinajstić information content (AvgIpc) is 2.97. The van der Waals surface area contributed by atoms with Crippen molar-refractivity contribution in [2.75, 3.05) is 28.6 Å². The number of rotatable bonds is 6. The molecule has 8 heteroatoms. The second-order valence-electron chi connectivity index (χ2n) is 7.88. The van der Waals surface area contributed by atoms with Crippen LogP contribution in [0.2, 0.25) is 0 Å². The molecule has 0 bridgehead atoms. The Hall–Kier alpha value is -4.20. The summed E-state index contributed by atoms with van der Waals surface area (Å²) in [5.74, 6) is -3.48. The number of carbonyl (C=O) groups is 4. The molecule has 2 aromatic rings. The van der Waals surface area contributed by atoms with Gasteiger partial charge in [0, 0.05) is 60.2 Å². The molecule has 0 saturated heterocycles. The molecule has 2 N–H and O–H groups in total. The highest BCUT2D eigenvalue weighted by atomic mass is 16.3. The van der Waals surface area contributed by atoms with Gasteiger partial charge in [0.1, 0.15) is 0 Å². The SMILES string of the molecule is C=c1cc/c(=C2/C(=O)C(=O)C(c3ccc(N(CC)CC)cc3NC(C)=O)=C2[O-])c(NC(C)=O)c1. The lowest BCUT2D eigenvalue weighted by Gasteiger charge is -2.23. The quantitative estimate of drug-likeness (QED) is 0.620. The number of Topliss-reactive ketones (excluding diaryl/α,β-unsaturated/α-hetero) is 2. The van der Waals surface area contributed by atoms with Crippen molar-refractivity contribution in [1.82, 2.24) is 0 Å². The topological polar surface area (TPSA) is 119 Å². The zero-order chi connectivity index (χ0) is 25.2. The number of hydrogen-bond acceptors (Lipinski definition) is 6. The summed E-state index contributed by atoms with van der Waals surface area (Å²) in [4.78, 5) is 51.6. The minimum atomic E-state index is -0.968. The van der Waals surface area contributed by atoms with Crippen LogP contribution in [0.4, 0.5) is 17.1 Å². The molecule has 0 spiro atoms. The molecule has 8 nitrogen and oxygen atoms in total. The van der Waals surface area contributed by atoms with Crippen LogP contribution in [0.1, 0.15) is 33.3 Å². The molecule has 1 aliphatic carbocycles. The molecule has 0 aliphatic heterocycles. The first-order valence-corrected chi connectivity index (χ1v) is 10.9. The molecule has 0 fully saturated rings. The van der Waals surface area contributed by atoms with Crippen LogP contribution in [-0.2, 0) is 19.2 Å². The van der Waals surface area contributed by atoms with Crippen LogP contribution in [0.5, 0.6) is 0 Å². The molecule has 0 saturated carbocycles. The minimum absolute atomic E-state index is 0.141. The van der Waals surface area contributed by atoms with Crippen molar-refractivity contribution in [3.8, 4) is 0 Å². The average molecular weight is 461 g/mol. The predicted octanol–water partition coefficient (Wildman–Crippen LogP) is 0.934. The van der Waals surface area contributed by atoms with Crippen LogP contribution >= 0.6 is 0 Å². The second kappa shape index (κ2) is 9.74. The van der Waals surface area contributed by atoms with Gasteiger partial charge in [-0.1, -0.05) is 30.5 Å². The van der Waals surface area contributed by atoms with Crippen molar-refractivity contribution in [3.63, 3.8) is 0 Å². The highest BCUT2D eigenvalue weighted by molar-refractivity contribution is 6.70. The molecule has 0 atom stereocenters. The first-order chi connectivity index (χ1) is 16.1. The molecule has 0 aromatic heterocycles. The third kappa shape index (κ3) is 4.61. The van der Waals surface area contributed by atoms with E-state index in [0.29, 0.717) is 18.3 Å². The fourth-order valence-electron chi connectivity index (χ4n) is 3.98. The maximum Gasteiger partial charge on any atom is 0.233 e. The summed E-state index contributed by atoms with van der Waals surface area (Å²) < 4.78 is 0. The largest absolute Gasteiger partial charge is 0.871 e. The Morgan fingerprint density at radius 3 is 2.06 bits per heavy atom. The summed E-state index contributed by atoms with van der Waals surface area (Å²) in [6.07, 6.45) is 0. The van der Waals surface area contributed by atoms with Gasteiger partial charge in [-0.3, -0.25) is 19.2 Å². The van der Waals surface area contributed by atoms with Crippen LogP contribution in [0.25, 0.3) is 17.7 Å². The second-order valence-corrected chi connectivity index (χ2v) is 7.88. The van der Waals surface area contributed by atoms with Crippen molar-refractivity contribution >= 4 is 58.2 Å². The van der Waals surface area contributed by atoms with E-state index in [9.17, 15) is 24.3 Å². The predicted molar refractivity (Wildman–Crippen MR) is 130 cm³/mol. The Labute approximate surface area is 197 Å². The normalized spacial score (nSPS) is 14.9. The van der Waals surface area contributed by atoms with Gasteiger partial charge in [0.2, 0.25) is 23.4 Å². The first kappa shape index (κ1) is 24.4. The van der Waals surface area contributed by atoms with Crippen molar-refractivity contribution in [3.05, 3.63) is 58.2 Å². The third-order valence-electron chi connectivity index (χ3n) is 5.49. The standard InChI is InChI=1S/C26H27N3O5/c1-6-29(7-2)17-9-11-19(21(13-17)28-16(5)31)23-24(32)22(25(33)26(23)34)18-10-8-14(3)12-20(18)27-15(4)30/h8-13,32H,3,6-7H2,1-2,4-5H3,(H,27,30)(H,28,31)/p-1/b22-18-.